The molecule has 9 nitrogen and oxygen atoms in total. The molecule has 0 saturated carbocycles. The Bertz CT molecular complexity index is 1040. The molecule has 3 rings (SSSR count). The number of nitrogens with zero attached hydrogens (tertiary/aromatic N) is 1. The Morgan fingerprint density at radius 1 is 1.06 bits per heavy atom. The van der Waals surface area contributed by atoms with Gasteiger partial charge in [-0.25, -0.2) is 4.79 Å². The molecular weight excluding hydrogens is 450 g/mol. The molecule has 9 heteroatoms. The standard InChI is InChI=1S/C26H31N3O6/c1-2-3-13-29-14-15-35-22-12-8-7-11-19(22)24(31)28-21(26(33)34)17-23(30)27-20(25(29)32)16-18-9-5-4-6-10-18/h4-12,20-21H,2-3,13-17H2,1H3,(H,27,30)(H,28,31)(H,33,34)/t20-,21-/m0/s1. The van der Waals surface area contributed by atoms with Gasteiger partial charge in [-0.3, -0.25) is 14.4 Å². The fourth-order valence-corrected chi connectivity index (χ4v) is 3.87. The molecule has 0 radical (unpaired) electrons. The second kappa shape index (κ2) is 12.5. The number of aliphatic carboxylic acids is 1. The zero-order valence-corrected chi connectivity index (χ0v) is 19.7. The van der Waals surface area contributed by atoms with Crippen LogP contribution in [0.25, 0.3) is 0 Å². The van der Waals surface area contributed by atoms with Gasteiger partial charge in [-0.2, -0.15) is 0 Å². The average Bonchev–Trinajstić information content (AvgIpc) is 2.85. The molecule has 186 valence electrons. The fraction of sp³-hybridized carbons (Fsp3) is 0.385. The zero-order valence-electron chi connectivity index (χ0n) is 19.7. The number of hydrogen-bond acceptors (Lipinski definition) is 5. The van der Waals surface area contributed by atoms with E-state index in [0.29, 0.717) is 6.54 Å². The number of benzene rings is 2. The van der Waals surface area contributed by atoms with E-state index >= 15 is 0 Å². The van der Waals surface area contributed by atoms with Gasteiger partial charge in [0.05, 0.1) is 18.5 Å². The molecule has 3 amide bonds. The molecule has 2 aromatic carbocycles. The van der Waals surface area contributed by atoms with Crippen LogP contribution in [0, 0.1) is 0 Å². The van der Waals surface area contributed by atoms with Crippen LogP contribution in [0.4, 0.5) is 0 Å². The van der Waals surface area contributed by atoms with E-state index in [-0.39, 0.29) is 36.8 Å². The van der Waals surface area contributed by atoms with Gasteiger partial charge in [0.1, 0.15) is 24.4 Å². The van der Waals surface area contributed by atoms with E-state index in [1.54, 1.807) is 23.1 Å². The van der Waals surface area contributed by atoms with Crippen molar-refractivity contribution in [1.82, 2.24) is 15.5 Å². The minimum atomic E-state index is -1.47. The third-order valence-electron chi connectivity index (χ3n) is 5.75. The molecule has 1 heterocycles. The molecule has 0 aromatic heterocycles. The van der Waals surface area contributed by atoms with Crippen LogP contribution < -0.4 is 15.4 Å². The van der Waals surface area contributed by atoms with E-state index in [1.807, 2.05) is 37.3 Å². The summed E-state index contributed by atoms with van der Waals surface area (Å²) in [4.78, 5) is 52.7. The predicted molar refractivity (Wildman–Crippen MR) is 129 cm³/mol. The lowest BCUT2D eigenvalue weighted by Gasteiger charge is -2.29. The Morgan fingerprint density at radius 2 is 1.77 bits per heavy atom. The number of rotatable bonds is 6. The van der Waals surface area contributed by atoms with Crippen molar-refractivity contribution in [3.05, 3.63) is 65.7 Å². The zero-order chi connectivity index (χ0) is 25.2. The SMILES string of the molecule is CCCCN1CCOc2ccccc2C(=O)N[C@H](C(=O)O)CC(=O)N[C@@H](Cc2ccccc2)C1=O. The number of amides is 3. The lowest BCUT2D eigenvalue weighted by Crippen LogP contribution is -2.52. The predicted octanol–water partition coefficient (Wildman–Crippen LogP) is 2.01. The first-order valence-corrected chi connectivity index (χ1v) is 11.8. The molecule has 0 bridgehead atoms. The molecule has 1 aliphatic heterocycles. The van der Waals surface area contributed by atoms with Crippen LogP contribution in [0.2, 0.25) is 0 Å². The number of para-hydroxylation sites is 1. The van der Waals surface area contributed by atoms with Gasteiger partial charge < -0.3 is 25.4 Å². The lowest BCUT2D eigenvalue weighted by atomic mass is 10.0. The van der Waals surface area contributed by atoms with Crippen molar-refractivity contribution in [3.63, 3.8) is 0 Å². The summed E-state index contributed by atoms with van der Waals surface area (Å²) in [5.74, 6) is -2.63. The minimum Gasteiger partial charge on any atom is -0.491 e. The van der Waals surface area contributed by atoms with Gasteiger partial charge >= 0.3 is 5.97 Å². The Balaban J connectivity index is 1.93. The molecule has 2 atom stereocenters. The maximum absolute atomic E-state index is 13.6. The highest BCUT2D eigenvalue weighted by Gasteiger charge is 2.30. The van der Waals surface area contributed by atoms with Gasteiger partial charge in [-0.1, -0.05) is 55.8 Å². The van der Waals surface area contributed by atoms with Crippen molar-refractivity contribution in [2.24, 2.45) is 0 Å². The van der Waals surface area contributed by atoms with Crippen LogP contribution in [0.1, 0.15) is 42.1 Å². The monoisotopic (exact) mass is 481 g/mol. The molecule has 35 heavy (non-hydrogen) atoms. The second-order valence-corrected chi connectivity index (χ2v) is 8.40. The highest BCUT2D eigenvalue weighted by atomic mass is 16.5. The van der Waals surface area contributed by atoms with Crippen molar-refractivity contribution in [2.45, 2.75) is 44.7 Å². The Labute approximate surface area is 204 Å². The first-order valence-electron chi connectivity index (χ1n) is 11.8. The summed E-state index contributed by atoms with van der Waals surface area (Å²) in [7, 11) is 0. The van der Waals surface area contributed by atoms with E-state index in [1.165, 1.54) is 6.07 Å². The highest BCUT2D eigenvalue weighted by Crippen LogP contribution is 2.19. The molecule has 0 unspecified atom stereocenters. The van der Waals surface area contributed by atoms with Gasteiger partial charge in [0.25, 0.3) is 5.91 Å². The molecular formula is C26H31N3O6. The number of hydrogen-bond donors (Lipinski definition) is 3. The number of nitrogens with one attached hydrogen (secondary N) is 2. The summed E-state index contributed by atoms with van der Waals surface area (Å²) in [6, 6.07) is 13.4. The first-order chi connectivity index (χ1) is 16.9. The van der Waals surface area contributed by atoms with Crippen LogP contribution in [0.5, 0.6) is 5.75 Å². The number of carboxylic acids is 1. The molecule has 1 aliphatic rings. The van der Waals surface area contributed by atoms with Gasteiger partial charge in [-0.15, -0.1) is 0 Å². The van der Waals surface area contributed by atoms with Crippen LogP contribution in [0.15, 0.2) is 54.6 Å². The quantitative estimate of drug-likeness (QED) is 0.580. The van der Waals surface area contributed by atoms with Crippen molar-refractivity contribution in [3.8, 4) is 5.75 Å². The normalized spacial score (nSPS) is 19.6. The van der Waals surface area contributed by atoms with Gasteiger partial charge in [0.2, 0.25) is 11.8 Å². The number of carbonyl (C=O) groups excluding carboxylic acids is 3. The second-order valence-electron chi connectivity index (χ2n) is 8.40. The fourth-order valence-electron chi connectivity index (χ4n) is 3.87. The van der Waals surface area contributed by atoms with E-state index in [2.05, 4.69) is 10.6 Å². The third-order valence-corrected chi connectivity index (χ3v) is 5.75. The summed E-state index contributed by atoms with van der Waals surface area (Å²) in [5, 5.41) is 14.7. The van der Waals surface area contributed by atoms with E-state index < -0.39 is 36.3 Å². The van der Waals surface area contributed by atoms with E-state index in [9.17, 15) is 24.3 Å². The molecule has 0 fully saturated rings. The molecule has 0 saturated heterocycles. The summed E-state index contributed by atoms with van der Waals surface area (Å²) in [6.07, 6.45) is 1.39. The molecule has 3 N–H and O–H groups in total. The van der Waals surface area contributed by atoms with Crippen LogP contribution in [-0.2, 0) is 20.8 Å². The molecule has 0 aliphatic carbocycles. The van der Waals surface area contributed by atoms with Gasteiger partial charge in [-0.05, 0) is 24.1 Å². The van der Waals surface area contributed by atoms with Crippen LogP contribution in [-0.4, -0.2) is 65.5 Å². The topological polar surface area (TPSA) is 125 Å². The first kappa shape index (κ1) is 25.7. The summed E-state index contributed by atoms with van der Waals surface area (Å²) >= 11 is 0. The smallest absolute Gasteiger partial charge is 0.326 e. The summed E-state index contributed by atoms with van der Waals surface area (Å²) in [6.45, 7) is 2.91. The van der Waals surface area contributed by atoms with Gasteiger partial charge in [0, 0.05) is 13.0 Å². The summed E-state index contributed by atoms with van der Waals surface area (Å²) < 4.78 is 5.84. The van der Waals surface area contributed by atoms with Gasteiger partial charge in [0.15, 0.2) is 0 Å². The Morgan fingerprint density at radius 3 is 2.49 bits per heavy atom. The number of carbonyl (C=O) groups is 4. The van der Waals surface area contributed by atoms with E-state index in [0.717, 1.165) is 18.4 Å². The van der Waals surface area contributed by atoms with Crippen LogP contribution >= 0.6 is 0 Å². The minimum absolute atomic E-state index is 0.133. The van der Waals surface area contributed by atoms with Crippen molar-refractivity contribution in [2.75, 3.05) is 19.7 Å². The Kier molecular flexibility index (Phi) is 9.23. The highest BCUT2D eigenvalue weighted by molar-refractivity contribution is 6.00. The van der Waals surface area contributed by atoms with Crippen molar-refractivity contribution >= 4 is 23.7 Å². The van der Waals surface area contributed by atoms with Crippen LogP contribution in [0.3, 0.4) is 0 Å². The molecule has 2 aromatic rings. The largest absolute Gasteiger partial charge is 0.491 e. The average molecular weight is 482 g/mol. The number of carboxylic acid groups (broad SMARTS) is 1. The maximum Gasteiger partial charge on any atom is 0.326 e. The van der Waals surface area contributed by atoms with Crippen molar-refractivity contribution < 1.29 is 29.0 Å². The number of fused-ring (bicyclic) bond motifs is 1. The Hall–Kier alpha value is -3.88. The van der Waals surface area contributed by atoms with E-state index in [4.69, 9.17) is 4.74 Å². The summed E-state index contributed by atoms with van der Waals surface area (Å²) in [5.41, 5.74) is 1.01. The number of unbranched alkanes of at least 4 members (excludes halogenated alkanes) is 1. The molecule has 0 spiro atoms. The third kappa shape index (κ3) is 7.30. The number of ether oxygens (including phenoxy) is 1. The lowest BCUT2D eigenvalue weighted by molar-refractivity contribution is -0.141. The maximum atomic E-state index is 13.6. The van der Waals surface area contributed by atoms with Crippen molar-refractivity contribution in [1.29, 1.82) is 0 Å².